The number of anilines is 1. The Bertz CT molecular complexity index is 572. The zero-order chi connectivity index (χ0) is 11.8. The molecule has 3 rings (SSSR count). The van der Waals surface area contributed by atoms with Crippen molar-refractivity contribution < 1.29 is 9.53 Å². The summed E-state index contributed by atoms with van der Waals surface area (Å²) in [6.45, 7) is 0.897. The normalized spacial score (nSPS) is 18.8. The largest absolute Gasteiger partial charge is 0.443 e. The molecular formula is C12H13ClN2O2S. The number of thiophene rings is 1. The Labute approximate surface area is 115 Å². The van der Waals surface area contributed by atoms with Gasteiger partial charge in [-0.2, -0.15) is 0 Å². The number of carbonyl (C=O) groups excluding carboxylic acids is 1. The fourth-order valence-electron chi connectivity index (χ4n) is 1.98. The van der Waals surface area contributed by atoms with Crippen molar-refractivity contribution in [2.75, 3.05) is 18.0 Å². The minimum atomic E-state index is -0.310. The summed E-state index contributed by atoms with van der Waals surface area (Å²) < 4.78 is 6.35. The fourth-order valence-corrected chi connectivity index (χ4v) is 2.75. The lowest BCUT2D eigenvalue weighted by atomic mass is 10.2. The maximum Gasteiger partial charge on any atom is 0.414 e. The van der Waals surface area contributed by atoms with Crippen LogP contribution in [0.1, 0.15) is 0 Å². The van der Waals surface area contributed by atoms with Crippen LogP contribution in [0.15, 0.2) is 29.6 Å². The van der Waals surface area contributed by atoms with Crippen LogP contribution in [0.5, 0.6) is 0 Å². The lowest BCUT2D eigenvalue weighted by Crippen LogP contribution is -2.27. The van der Waals surface area contributed by atoms with Crippen LogP contribution in [0, 0.1) is 0 Å². The van der Waals surface area contributed by atoms with Crippen LogP contribution >= 0.6 is 23.7 Å². The van der Waals surface area contributed by atoms with Crippen LogP contribution in [0.3, 0.4) is 0 Å². The summed E-state index contributed by atoms with van der Waals surface area (Å²) in [6, 6.07) is 8.02. The van der Waals surface area contributed by atoms with Gasteiger partial charge in [0.1, 0.15) is 6.10 Å². The molecule has 4 nitrogen and oxygen atoms in total. The fraction of sp³-hybridized carbons (Fsp3) is 0.250. The molecule has 1 atom stereocenters. The predicted molar refractivity (Wildman–Crippen MR) is 75.7 cm³/mol. The van der Waals surface area contributed by atoms with Crippen molar-refractivity contribution in [2.45, 2.75) is 6.10 Å². The second kappa shape index (κ2) is 5.14. The summed E-state index contributed by atoms with van der Waals surface area (Å²) >= 11 is 1.69. The van der Waals surface area contributed by atoms with Crippen LogP contribution in [-0.4, -0.2) is 25.3 Å². The standard InChI is InChI=1S/C12H12N2O2S.ClH/c13-6-10-7-14(12(15)16-10)9-1-2-11-8(5-9)3-4-17-11;/h1-5,10H,6-7,13H2;1H/t10-;/m1./s1. The van der Waals surface area contributed by atoms with Gasteiger partial charge in [0.05, 0.1) is 6.54 Å². The number of rotatable bonds is 2. The number of carbonyl (C=O) groups is 1. The summed E-state index contributed by atoms with van der Waals surface area (Å²) in [5.74, 6) is 0. The van der Waals surface area contributed by atoms with E-state index >= 15 is 0 Å². The van der Waals surface area contributed by atoms with Crippen molar-refractivity contribution in [3.8, 4) is 0 Å². The first-order valence-electron chi connectivity index (χ1n) is 5.43. The lowest BCUT2D eigenvalue weighted by Gasteiger charge is -2.12. The van der Waals surface area contributed by atoms with Gasteiger partial charge < -0.3 is 10.5 Å². The molecule has 1 aliphatic heterocycles. The molecule has 1 aliphatic rings. The van der Waals surface area contributed by atoms with E-state index in [-0.39, 0.29) is 24.6 Å². The molecule has 0 aliphatic carbocycles. The van der Waals surface area contributed by atoms with Gasteiger partial charge in [-0.3, -0.25) is 4.90 Å². The molecule has 0 bridgehead atoms. The molecule has 0 saturated carbocycles. The summed E-state index contributed by atoms with van der Waals surface area (Å²) in [7, 11) is 0. The second-order valence-corrected chi connectivity index (χ2v) is 4.94. The van der Waals surface area contributed by atoms with E-state index in [0.29, 0.717) is 13.1 Å². The zero-order valence-corrected chi connectivity index (χ0v) is 11.2. The van der Waals surface area contributed by atoms with Crippen molar-refractivity contribution >= 4 is 45.6 Å². The highest BCUT2D eigenvalue weighted by Gasteiger charge is 2.31. The quantitative estimate of drug-likeness (QED) is 0.922. The van der Waals surface area contributed by atoms with E-state index in [9.17, 15) is 4.79 Å². The molecule has 18 heavy (non-hydrogen) atoms. The molecule has 2 N–H and O–H groups in total. The van der Waals surface area contributed by atoms with E-state index in [1.54, 1.807) is 16.2 Å². The van der Waals surface area contributed by atoms with Gasteiger partial charge in [0.15, 0.2) is 0 Å². The highest BCUT2D eigenvalue weighted by molar-refractivity contribution is 7.17. The van der Waals surface area contributed by atoms with E-state index < -0.39 is 0 Å². The third kappa shape index (κ3) is 2.16. The predicted octanol–water partition coefficient (Wildman–Crippen LogP) is 2.61. The molecule has 1 aromatic heterocycles. The minimum Gasteiger partial charge on any atom is -0.443 e. The van der Waals surface area contributed by atoms with Gasteiger partial charge >= 0.3 is 6.09 Å². The number of ether oxygens (including phenoxy) is 1. The lowest BCUT2D eigenvalue weighted by molar-refractivity contribution is 0.145. The molecule has 96 valence electrons. The van der Waals surface area contributed by atoms with Crippen molar-refractivity contribution in [1.29, 1.82) is 0 Å². The van der Waals surface area contributed by atoms with E-state index in [1.165, 1.54) is 4.70 Å². The van der Waals surface area contributed by atoms with Crippen molar-refractivity contribution in [2.24, 2.45) is 5.73 Å². The summed E-state index contributed by atoms with van der Waals surface area (Å²) in [5, 5.41) is 3.19. The topological polar surface area (TPSA) is 55.6 Å². The van der Waals surface area contributed by atoms with Gasteiger partial charge in [0.2, 0.25) is 0 Å². The smallest absolute Gasteiger partial charge is 0.414 e. The van der Waals surface area contributed by atoms with Gasteiger partial charge in [0.25, 0.3) is 0 Å². The molecule has 0 radical (unpaired) electrons. The number of nitrogens with two attached hydrogens (primary N) is 1. The number of amides is 1. The molecular weight excluding hydrogens is 272 g/mol. The summed E-state index contributed by atoms with van der Waals surface area (Å²) in [4.78, 5) is 13.3. The monoisotopic (exact) mass is 284 g/mol. The second-order valence-electron chi connectivity index (χ2n) is 3.99. The molecule has 1 amide bonds. The molecule has 1 fully saturated rings. The van der Waals surface area contributed by atoms with Crippen molar-refractivity contribution in [3.63, 3.8) is 0 Å². The minimum absolute atomic E-state index is 0. The number of benzene rings is 1. The Kier molecular flexibility index (Phi) is 3.75. The zero-order valence-electron chi connectivity index (χ0n) is 9.54. The first-order valence-corrected chi connectivity index (χ1v) is 6.31. The average molecular weight is 285 g/mol. The van der Waals surface area contributed by atoms with E-state index in [0.717, 1.165) is 11.1 Å². The van der Waals surface area contributed by atoms with Gasteiger partial charge in [-0.05, 0) is 35.0 Å². The number of halogens is 1. The van der Waals surface area contributed by atoms with Crippen LogP contribution in [0.25, 0.3) is 10.1 Å². The maximum absolute atomic E-state index is 11.7. The maximum atomic E-state index is 11.7. The first-order chi connectivity index (χ1) is 8.28. The third-order valence-electron chi connectivity index (χ3n) is 2.88. The Morgan fingerprint density at radius 1 is 1.44 bits per heavy atom. The third-order valence-corrected chi connectivity index (χ3v) is 3.78. The Morgan fingerprint density at radius 3 is 3.00 bits per heavy atom. The number of fused-ring (bicyclic) bond motifs is 1. The Hall–Kier alpha value is -1.30. The van der Waals surface area contributed by atoms with Crippen LogP contribution < -0.4 is 10.6 Å². The van der Waals surface area contributed by atoms with Crippen LogP contribution in [-0.2, 0) is 4.74 Å². The molecule has 6 heteroatoms. The molecule has 1 aromatic carbocycles. The number of hydrogen-bond acceptors (Lipinski definition) is 4. The molecule has 2 aromatic rings. The highest BCUT2D eigenvalue weighted by Crippen LogP contribution is 2.28. The number of cyclic esters (lactones) is 1. The average Bonchev–Trinajstić information content (AvgIpc) is 2.93. The Morgan fingerprint density at radius 2 is 2.28 bits per heavy atom. The summed E-state index contributed by atoms with van der Waals surface area (Å²) in [6.07, 6.45) is -0.504. The van der Waals surface area contributed by atoms with Crippen molar-refractivity contribution in [3.05, 3.63) is 29.6 Å². The van der Waals surface area contributed by atoms with Gasteiger partial charge in [-0.1, -0.05) is 0 Å². The number of nitrogens with zero attached hydrogens (tertiary/aromatic N) is 1. The molecule has 0 unspecified atom stereocenters. The van der Waals surface area contributed by atoms with Gasteiger partial charge in [-0.15, -0.1) is 23.7 Å². The SMILES string of the molecule is Cl.NC[C@@H]1CN(c2ccc3sccc3c2)C(=O)O1. The first kappa shape index (κ1) is 13.1. The van der Waals surface area contributed by atoms with E-state index in [4.69, 9.17) is 10.5 Å². The molecule has 1 saturated heterocycles. The summed E-state index contributed by atoms with van der Waals surface area (Å²) in [5.41, 5.74) is 6.38. The van der Waals surface area contributed by atoms with E-state index in [1.807, 2.05) is 29.6 Å². The highest BCUT2D eigenvalue weighted by atomic mass is 35.5. The molecule has 0 spiro atoms. The van der Waals surface area contributed by atoms with Crippen LogP contribution in [0.2, 0.25) is 0 Å². The van der Waals surface area contributed by atoms with Crippen LogP contribution in [0.4, 0.5) is 10.5 Å². The van der Waals surface area contributed by atoms with E-state index in [2.05, 4.69) is 0 Å². The molecule has 2 heterocycles. The number of hydrogen-bond donors (Lipinski definition) is 1. The van der Waals surface area contributed by atoms with Gasteiger partial charge in [0, 0.05) is 16.9 Å². The Balaban J connectivity index is 0.00000120. The van der Waals surface area contributed by atoms with Crippen molar-refractivity contribution in [1.82, 2.24) is 0 Å². The van der Waals surface area contributed by atoms with Gasteiger partial charge in [-0.25, -0.2) is 4.79 Å².